The van der Waals surface area contributed by atoms with Crippen molar-refractivity contribution in [2.24, 2.45) is 5.92 Å². The maximum atomic E-state index is 13.7. The van der Waals surface area contributed by atoms with Crippen molar-refractivity contribution in [2.45, 2.75) is 26.2 Å². The first-order valence-corrected chi connectivity index (χ1v) is 12.4. The Morgan fingerprint density at radius 1 is 1.09 bits per heavy atom. The van der Waals surface area contributed by atoms with Crippen molar-refractivity contribution < 1.29 is 14.3 Å². The number of carbonyl (C=O) groups excluding carboxylic acids is 1. The second kappa shape index (κ2) is 10.3. The molecule has 5 nitrogen and oxygen atoms in total. The number of hydrogen-bond donors (Lipinski definition) is 0. The predicted octanol–water partition coefficient (Wildman–Crippen LogP) is 6.54. The molecule has 1 fully saturated rings. The summed E-state index contributed by atoms with van der Waals surface area (Å²) in [6.07, 6.45) is 3.04. The van der Waals surface area contributed by atoms with Crippen molar-refractivity contribution in [3.63, 3.8) is 0 Å². The van der Waals surface area contributed by atoms with E-state index in [1.54, 1.807) is 26.4 Å². The zero-order valence-electron chi connectivity index (χ0n) is 18.9. The monoisotopic (exact) mass is 504 g/mol. The molecule has 0 unspecified atom stereocenters. The first kappa shape index (κ1) is 23.9. The van der Waals surface area contributed by atoms with Crippen molar-refractivity contribution in [1.29, 1.82) is 0 Å². The van der Waals surface area contributed by atoms with Gasteiger partial charge in [-0.2, -0.15) is 0 Å². The molecule has 1 aliphatic carbocycles. The summed E-state index contributed by atoms with van der Waals surface area (Å²) in [4.78, 5) is 21.0. The van der Waals surface area contributed by atoms with Gasteiger partial charge in [-0.15, -0.1) is 11.3 Å². The molecule has 1 heterocycles. The van der Waals surface area contributed by atoms with Gasteiger partial charge >= 0.3 is 0 Å². The van der Waals surface area contributed by atoms with Crippen molar-refractivity contribution >= 4 is 40.4 Å². The average Bonchev–Trinajstić information content (AvgIpc) is 3.56. The molecule has 0 bridgehead atoms. The maximum absolute atomic E-state index is 13.7. The zero-order valence-corrected chi connectivity index (χ0v) is 21.2. The fourth-order valence-electron chi connectivity index (χ4n) is 3.74. The van der Waals surface area contributed by atoms with Crippen molar-refractivity contribution in [3.8, 4) is 21.9 Å². The molecule has 3 aromatic rings. The smallest absolute Gasteiger partial charge is 0.274 e. The molecule has 0 saturated heterocycles. The Morgan fingerprint density at radius 3 is 2.52 bits per heavy atom. The number of halogens is 2. The first-order chi connectivity index (χ1) is 15.9. The quantitative estimate of drug-likeness (QED) is 0.332. The Labute approximate surface area is 208 Å². The minimum absolute atomic E-state index is 0.0483. The lowest BCUT2D eigenvalue weighted by Gasteiger charge is -2.23. The van der Waals surface area contributed by atoms with E-state index in [1.165, 1.54) is 11.3 Å². The Morgan fingerprint density at radius 2 is 1.85 bits per heavy atom. The lowest BCUT2D eigenvalue weighted by Crippen LogP contribution is -2.35. The summed E-state index contributed by atoms with van der Waals surface area (Å²) >= 11 is 13.8. The SMILES string of the molecule is COc1ccc(CCN(CC2CC2)C(=O)c2nc(C)sc2-c2ccc(Cl)c(Cl)c2)cc1OC. The van der Waals surface area contributed by atoms with Gasteiger partial charge in [0, 0.05) is 13.1 Å². The van der Waals surface area contributed by atoms with E-state index in [0.29, 0.717) is 46.1 Å². The van der Waals surface area contributed by atoms with Crippen LogP contribution in [0.1, 0.15) is 33.9 Å². The molecular weight excluding hydrogens is 479 g/mol. The van der Waals surface area contributed by atoms with Crippen LogP contribution in [0.4, 0.5) is 0 Å². The summed E-state index contributed by atoms with van der Waals surface area (Å²) in [5.74, 6) is 1.89. The molecular formula is C25H26Cl2N2O3S. The summed E-state index contributed by atoms with van der Waals surface area (Å²) in [5.41, 5.74) is 2.41. The van der Waals surface area contributed by atoms with Crippen LogP contribution in [0.25, 0.3) is 10.4 Å². The third-order valence-corrected chi connectivity index (χ3v) is 7.46. The lowest BCUT2D eigenvalue weighted by molar-refractivity contribution is 0.0745. The van der Waals surface area contributed by atoms with Gasteiger partial charge in [-0.3, -0.25) is 4.79 Å². The summed E-state index contributed by atoms with van der Waals surface area (Å²) in [5, 5.41) is 1.78. The number of hydrogen-bond acceptors (Lipinski definition) is 5. The third-order valence-electron chi connectivity index (χ3n) is 5.70. The molecule has 0 atom stereocenters. The van der Waals surface area contributed by atoms with E-state index in [0.717, 1.165) is 40.4 Å². The van der Waals surface area contributed by atoms with Crippen LogP contribution in [0.5, 0.6) is 11.5 Å². The van der Waals surface area contributed by atoms with Gasteiger partial charge in [0.15, 0.2) is 11.5 Å². The Hall–Kier alpha value is -2.28. The van der Waals surface area contributed by atoms with E-state index in [2.05, 4.69) is 4.98 Å². The van der Waals surface area contributed by atoms with Crippen LogP contribution in [-0.2, 0) is 6.42 Å². The molecule has 1 aromatic heterocycles. The summed E-state index contributed by atoms with van der Waals surface area (Å²) in [6, 6.07) is 11.3. The van der Waals surface area contributed by atoms with E-state index in [4.69, 9.17) is 32.7 Å². The second-order valence-corrected chi connectivity index (χ2v) is 10.2. The van der Waals surface area contributed by atoms with Gasteiger partial charge in [0.05, 0.1) is 34.1 Å². The lowest BCUT2D eigenvalue weighted by atomic mass is 10.1. The molecule has 0 N–H and O–H groups in total. The third kappa shape index (κ3) is 5.62. The molecule has 1 amide bonds. The Balaban J connectivity index is 1.58. The number of benzene rings is 2. The number of methoxy groups -OCH3 is 2. The molecule has 1 aliphatic rings. The topological polar surface area (TPSA) is 51.7 Å². The Bertz CT molecular complexity index is 1160. The van der Waals surface area contributed by atoms with Gasteiger partial charge in [-0.05, 0) is 67.5 Å². The van der Waals surface area contributed by atoms with Gasteiger partial charge in [-0.25, -0.2) is 4.98 Å². The maximum Gasteiger partial charge on any atom is 0.274 e. The van der Waals surface area contributed by atoms with Crippen LogP contribution in [0.2, 0.25) is 10.0 Å². The minimum Gasteiger partial charge on any atom is -0.493 e. The van der Waals surface area contributed by atoms with E-state index in [-0.39, 0.29) is 5.91 Å². The standard InChI is InChI=1S/C25H26Cl2N2O3S/c1-15-28-23(24(33-15)18-7-8-19(26)20(27)13-18)25(30)29(14-17-4-5-17)11-10-16-6-9-21(31-2)22(12-16)32-3/h6-9,12-13,17H,4-5,10-11,14H2,1-3H3. The van der Waals surface area contributed by atoms with Gasteiger partial charge in [-0.1, -0.05) is 35.3 Å². The van der Waals surface area contributed by atoms with Crippen LogP contribution in [0, 0.1) is 12.8 Å². The molecule has 2 aromatic carbocycles. The van der Waals surface area contributed by atoms with Crippen LogP contribution >= 0.6 is 34.5 Å². The molecule has 8 heteroatoms. The zero-order chi connectivity index (χ0) is 23.5. The van der Waals surface area contributed by atoms with E-state index < -0.39 is 0 Å². The number of aryl methyl sites for hydroxylation is 1. The molecule has 33 heavy (non-hydrogen) atoms. The summed E-state index contributed by atoms with van der Waals surface area (Å²) in [6.45, 7) is 3.25. The van der Waals surface area contributed by atoms with E-state index in [9.17, 15) is 4.79 Å². The highest BCUT2D eigenvalue weighted by Gasteiger charge is 2.30. The molecule has 1 saturated carbocycles. The predicted molar refractivity (Wildman–Crippen MR) is 134 cm³/mol. The van der Waals surface area contributed by atoms with Crippen LogP contribution < -0.4 is 9.47 Å². The highest BCUT2D eigenvalue weighted by atomic mass is 35.5. The molecule has 0 radical (unpaired) electrons. The average molecular weight is 505 g/mol. The number of ether oxygens (including phenoxy) is 2. The van der Waals surface area contributed by atoms with Gasteiger partial charge in [0.25, 0.3) is 5.91 Å². The number of amides is 1. The largest absolute Gasteiger partial charge is 0.493 e. The fraction of sp³-hybridized carbons (Fsp3) is 0.360. The van der Waals surface area contributed by atoms with Crippen molar-refractivity contribution in [1.82, 2.24) is 9.88 Å². The summed E-state index contributed by atoms with van der Waals surface area (Å²) in [7, 11) is 3.24. The van der Waals surface area contributed by atoms with E-state index in [1.807, 2.05) is 36.1 Å². The minimum atomic E-state index is -0.0483. The highest BCUT2D eigenvalue weighted by molar-refractivity contribution is 7.15. The van der Waals surface area contributed by atoms with Gasteiger partial charge < -0.3 is 14.4 Å². The molecule has 0 aliphatic heterocycles. The number of carbonyl (C=O) groups is 1. The van der Waals surface area contributed by atoms with Crippen molar-refractivity contribution in [3.05, 3.63) is 62.7 Å². The number of aromatic nitrogens is 1. The van der Waals surface area contributed by atoms with E-state index >= 15 is 0 Å². The second-order valence-electron chi connectivity index (χ2n) is 8.17. The summed E-state index contributed by atoms with van der Waals surface area (Å²) < 4.78 is 10.8. The number of thiazole rings is 1. The van der Waals surface area contributed by atoms with Gasteiger partial charge in [0.1, 0.15) is 5.69 Å². The van der Waals surface area contributed by atoms with Crippen LogP contribution in [-0.4, -0.2) is 43.1 Å². The van der Waals surface area contributed by atoms with Crippen LogP contribution in [0.15, 0.2) is 36.4 Å². The number of nitrogens with zero attached hydrogens (tertiary/aromatic N) is 2. The van der Waals surface area contributed by atoms with Crippen LogP contribution in [0.3, 0.4) is 0 Å². The van der Waals surface area contributed by atoms with Gasteiger partial charge in [0.2, 0.25) is 0 Å². The fourth-order valence-corrected chi connectivity index (χ4v) is 4.95. The Kier molecular flexibility index (Phi) is 7.47. The molecule has 174 valence electrons. The number of rotatable bonds is 9. The molecule has 0 spiro atoms. The van der Waals surface area contributed by atoms with Crippen molar-refractivity contribution in [2.75, 3.05) is 27.3 Å². The molecule has 4 rings (SSSR count). The normalized spacial score (nSPS) is 13.1. The first-order valence-electron chi connectivity index (χ1n) is 10.8. The highest BCUT2D eigenvalue weighted by Crippen LogP contribution is 2.36.